The third kappa shape index (κ3) is 6.77. The lowest BCUT2D eigenvalue weighted by Crippen LogP contribution is -2.37. The predicted molar refractivity (Wildman–Crippen MR) is 80.0 cm³/mol. The van der Waals surface area contributed by atoms with Crippen molar-refractivity contribution in [3.8, 4) is 18.1 Å². The maximum Gasteiger partial charge on any atom is 0.238 e. The topological polar surface area (TPSA) is 82.0 Å². The van der Waals surface area contributed by atoms with Crippen LogP contribution in [0.4, 0.5) is 5.69 Å². The van der Waals surface area contributed by atoms with Crippen LogP contribution in [0.2, 0.25) is 0 Å². The molecule has 0 saturated heterocycles. The van der Waals surface area contributed by atoms with Crippen LogP contribution in [-0.4, -0.2) is 60.5 Å². The van der Waals surface area contributed by atoms with E-state index in [1.807, 2.05) is 0 Å². The van der Waals surface area contributed by atoms with E-state index in [1.54, 1.807) is 29.2 Å². The summed E-state index contributed by atoms with van der Waals surface area (Å²) in [4.78, 5) is 13.5. The van der Waals surface area contributed by atoms with Gasteiger partial charge in [-0.25, -0.2) is 0 Å². The molecular weight excluding hydrogens is 272 g/mol. The molecule has 6 nitrogen and oxygen atoms in total. The number of benzene rings is 1. The van der Waals surface area contributed by atoms with Crippen molar-refractivity contribution in [2.75, 3.05) is 44.8 Å². The predicted octanol–water partition coefficient (Wildman–Crippen LogP) is -0.0763. The minimum absolute atomic E-state index is 0.0610. The quantitative estimate of drug-likeness (QED) is 0.555. The van der Waals surface area contributed by atoms with E-state index >= 15 is 0 Å². The average Bonchev–Trinajstić information content (AvgIpc) is 2.47. The summed E-state index contributed by atoms with van der Waals surface area (Å²) in [5.41, 5.74) is 0.640. The molecule has 0 spiro atoms. The molecule has 1 aromatic carbocycles. The van der Waals surface area contributed by atoms with Crippen LogP contribution < -0.4 is 10.1 Å². The number of aliphatic hydroxyl groups excluding tert-OH is 2. The fourth-order valence-electron chi connectivity index (χ4n) is 1.72. The number of anilines is 1. The Labute approximate surface area is 124 Å². The summed E-state index contributed by atoms with van der Waals surface area (Å²) in [6.45, 7) is 0.863. The van der Waals surface area contributed by atoms with Crippen LogP contribution in [-0.2, 0) is 4.79 Å². The molecule has 1 amide bonds. The van der Waals surface area contributed by atoms with Gasteiger partial charge in [-0.3, -0.25) is 9.69 Å². The first-order valence-electron chi connectivity index (χ1n) is 6.60. The molecule has 0 aliphatic rings. The Morgan fingerprint density at radius 1 is 1.24 bits per heavy atom. The largest absolute Gasteiger partial charge is 0.481 e. The van der Waals surface area contributed by atoms with Gasteiger partial charge in [0.05, 0.1) is 19.8 Å². The molecule has 0 unspecified atom stereocenters. The highest BCUT2D eigenvalue weighted by Crippen LogP contribution is 2.15. The molecule has 1 rings (SSSR count). The average molecular weight is 292 g/mol. The molecule has 0 radical (unpaired) electrons. The van der Waals surface area contributed by atoms with E-state index in [2.05, 4.69) is 11.2 Å². The molecular formula is C15H20N2O4. The van der Waals surface area contributed by atoms with E-state index in [0.717, 1.165) is 0 Å². The third-order valence-electron chi connectivity index (χ3n) is 2.66. The number of hydrogen-bond acceptors (Lipinski definition) is 5. The summed E-state index contributed by atoms with van der Waals surface area (Å²) in [7, 11) is 0. The van der Waals surface area contributed by atoms with Gasteiger partial charge in [-0.1, -0.05) is 5.92 Å². The summed E-state index contributed by atoms with van der Waals surface area (Å²) >= 11 is 0. The Balaban J connectivity index is 2.48. The van der Waals surface area contributed by atoms with Crippen molar-refractivity contribution >= 4 is 11.6 Å². The van der Waals surface area contributed by atoms with Crippen molar-refractivity contribution < 1.29 is 19.7 Å². The Kier molecular flexibility index (Phi) is 7.90. The van der Waals surface area contributed by atoms with Gasteiger partial charge in [-0.15, -0.1) is 6.42 Å². The van der Waals surface area contributed by atoms with Crippen molar-refractivity contribution in [2.45, 2.75) is 0 Å². The second kappa shape index (κ2) is 9.77. The molecule has 21 heavy (non-hydrogen) atoms. The van der Waals surface area contributed by atoms with E-state index in [-0.39, 0.29) is 32.3 Å². The highest BCUT2D eigenvalue weighted by molar-refractivity contribution is 5.92. The standard InChI is InChI=1S/C15H20N2O4/c1-2-11-21-14-5-3-13(4-6-14)16-15(20)12-17(7-9-18)8-10-19/h1,3-6,18-19H,7-12H2,(H,16,20). The molecule has 1 aromatic rings. The van der Waals surface area contributed by atoms with E-state index in [9.17, 15) is 4.79 Å². The molecule has 0 heterocycles. The molecule has 114 valence electrons. The molecule has 6 heteroatoms. The lowest BCUT2D eigenvalue weighted by atomic mass is 10.3. The Morgan fingerprint density at radius 2 is 1.86 bits per heavy atom. The number of carbonyl (C=O) groups excluding carboxylic acids is 1. The van der Waals surface area contributed by atoms with Crippen LogP contribution in [0.25, 0.3) is 0 Å². The lowest BCUT2D eigenvalue weighted by Gasteiger charge is -2.19. The smallest absolute Gasteiger partial charge is 0.238 e. The summed E-state index contributed by atoms with van der Waals surface area (Å²) < 4.78 is 5.23. The Morgan fingerprint density at radius 3 is 2.38 bits per heavy atom. The van der Waals surface area contributed by atoms with Crippen molar-refractivity contribution in [3.63, 3.8) is 0 Å². The summed E-state index contributed by atoms with van der Waals surface area (Å²) in [6, 6.07) is 6.86. The molecule has 0 aliphatic heterocycles. The van der Waals surface area contributed by atoms with Crippen molar-refractivity contribution in [2.24, 2.45) is 0 Å². The normalized spacial score (nSPS) is 10.2. The summed E-state index contributed by atoms with van der Waals surface area (Å²) in [5, 5.41) is 20.5. The number of aliphatic hydroxyl groups is 2. The second-order valence-corrected chi connectivity index (χ2v) is 4.29. The van der Waals surface area contributed by atoms with E-state index in [4.69, 9.17) is 21.4 Å². The Hall–Kier alpha value is -2.07. The van der Waals surface area contributed by atoms with Gasteiger partial charge in [0.1, 0.15) is 12.4 Å². The first-order chi connectivity index (χ1) is 10.2. The molecule has 0 aliphatic carbocycles. The van der Waals surface area contributed by atoms with E-state index in [0.29, 0.717) is 24.5 Å². The van der Waals surface area contributed by atoms with Gasteiger partial charge in [-0.05, 0) is 24.3 Å². The van der Waals surface area contributed by atoms with Crippen LogP contribution in [0.1, 0.15) is 0 Å². The molecule has 0 bridgehead atoms. The van der Waals surface area contributed by atoms with Crippen LogP contribution in [0.3, 0.4) is 0 Å². The first kappa shape index (κ1) is 17.0. The zero-order valence-corrected chi connectivity index (χ0v) is 11.8. The fourth-order valence-corrected chi connectivity index (χ4v) is 1.72. The Bertz CT molecular complexity index is 462. The van der Waals surface area contributed by atoms with Gasteiger partial charge < -0.3 is 20.3 Å². The van der Waals surface area contributed by atoms with Gasteiger partial charge in [0, 0.05) is 18.8 Å². The van der Waals surface area contributed by atoms with Crippen LogP contribution in [0, 0.1) is 12.3 Å². The highest BCUT2D eigenvalue weighted by atomic mass is 16.5. The number of terminal acetylenes is 1. The molecule has 0 aromatic heterocycles. The van der Waals surface area contributed by atoms with Crippen molar-refractivity contribution in [1.29, 1.82) is 0 Å². The van der Waals surface area contributed by atoms with Crippen molar-refractivity contribution in [1.82, 2.24) is 4.90 Å². The minimum Gasteiger partial charge on any atom is -0.481 e. The van der Waals surface area contributed by atoms with Crippen LogP contribution in [0.15, 0.2) is 24.3 Å². The van der Waals surface area contributed by atoms with E-state index < -0.39 is 0 Å². The van der Waals surface area contributed by atoms with E-state index in [1.165, 1.54) is 0 Å². The zero-order chi connectivity index (χ0) is 15.5. The molecule has 0 saturated carbocycles. The second-order valence-electron chi connectivity index (χ2n) is 4.29. The summed E-state index contributed by atoms with van der Waals surface area (Å²) in [6.07, 6.45) is 5.10. The van der Waals surface area contributed by atoms with Crippen LogP contribution in [0.5, 0.6) is 5.75 Å². The highest BCUT2D eigenvalue weighted by Gasteiger charge is 2.10. The maximum absolute atomic E-state index is 11.9. The minimum atomic E-state index is -0.214. The molecule has 0 fully saturated rings. The SMILES string of the molecule is C#CCOc1ccc(NC(=O)CN(CCO)CCO)cc1. The van der Waals surface area contributed by atoms with Crippen molar-refractivity contribution in [3.05, 3.63) is 24.3 Å². The van der Waals surface area contributed by atoms with Crippen LogP contribution >= 0.6 is 0 Å². The lowest BCUT2D eigenvalue weighted by molar-refractivity contribution is -0.117. The van der Waals surface area contributed by atoms with Gasteiger partial charge in [0.15, 0.2) is 0 Å². The molecule has 3 N–H and O–H groups in total. The first-order valence-corrected chi connectivity index (χ1v) is 6.60. The number of amides is 1. The number of carbonyl (C=O) groups is 1. The van der Waals surface area contributed by atoms with Gasteiger partial charge in [0.25, 0.3) is 0 Å². The zero-order valence-electron chi connectivity index (χ0n) is 11.8. The van der Waals surface area contributed by atoms with Gasteiger partial charge in [0.2, 0.25) is 5.91 Å². The van der Waals surface area contributed by atoms with Gasteiger partial charge >= 0.3 is 0 Å². The van der Waals surface area contributed by atoms with Gasteiger partial charge in [-0.2, -0.15) is 0 Å². The number of nitrogens with zero attached hydrogens (tertiary/aromatic N) is 1. The monoisotopic (exact) mass is 292 g/mol. The summed E-state index contributed by atoms with van der Waals surface area (Å²) in [5.74, 6) is 2.79. The fraction of sp³-hybridized carbons (Fsp3) is 0.400. The third-order valence-corrected chi connectivity index (χ3v) is 2.66. The number of nitrogens with one attached hydrogen (secondary N) is 1. The number of rotatable bonds is 9. The molecule has 0 atom stereocenters. The maximum atomic E-state index is 11.9. The number of hydrogen-bond donors (Lipinski definition) is 3. The number of ether oxygens (including phenoxy) is 1.